The lowest BCUT2D eigenvalue weighted by molar-refractivity contribution is -0.158. The van der Waals surface area contributed by atoms with Crippen molar-refractivity contribution in [3.8, 4) is 0 Å². The van der Waals surface area contributed by atoms with E-state index in [-0.39, 0.29) is 17.5 Å². The van der Waals surface area contributed by atoms with Crippen LogP contribution in [0.3, 0.4) is 0 Å². The van der Waals surface area contributed by atoms with Gasteiger partial charge in [-0.25, -0.2) is 0 Å². The first kappa shape index (κ1) is 20.5. The van der Waals surface area contributed by atoms with Crippen LogP contribution in [0.5, 0.6) is 0 Å². The number of carbonyl (C=O) groups excluding carboxylic acids is 3. The minimum absolute atomic E-state index is 0.202. The zero-order chi connectivity index (χ0) is 22.1. The molecule has 0 aliphatic carbocycles. The second-order valence-electron chi connectivity index (χ2n) is 7.64. The molecule has 2 aliphatic rings. The first-order valence-corrected chi connectivity index (χ1v) is 10.2. The highest BCUT2D eigenvalue weighted by molar-refractivity contribution is 6.23. The van der Waals surface area contributed by atoms with Crippen molar-refractivity contribution in [2.45, 2.75) is 37.9 Å². The summed E-state index contributed by atoms with van der Waals surface area (Å²) in [7, 11) is 0. The van der Waals surface area contributed by atoms with Crippen molar-refractivity contribution < 1.29 is 24.3 Å². The molecular weight excluding hydrogens is 396 g/mol. The van der Waals surface area contributed by atoms with Crippen molar-refractivity contribution in [2.24, 2.45) is 0 Å². The molecule has 7 nitrogen and oxygen atoms in total. The number of rotatable bonds is 7. The highest BCUT2D eigenvalue weighted by atomic mass is 16.4. The summed E-state index contributed by atoms with van der Waals surface area (Å²) in [6.07, 6.45) is 3.84. The molecule has 2 aromatic carbocycles. The number of likely N-dealkylation sites (tertiary alicyclic amines) is 1. The molecule has 2 unspecified atom stereocenters. The summed E-state index contributed by atoms with van der Waals surface area (Å²) in [6, 6.07) is 13.8. The fourth-order valence-electron chi connectivity index (χ4n) is 4.28. The molecule has 2 aliphatic heterocycles. The Hall–Kier alpha value is -3.74. The van der Waals surface area contributed by atoms with E-state index >= 15 is 0 Å². The van der Waals surface area contributed by atoms with Gasteiger partial charge >= 0.3 is 5.97 Å². The van der Waals surface area contributed by atoms with Crippen LogP contribution in [-0.4, -0.2) is 56.7 Å². The van der Waals surface area contributed by atoms with E-state index in [1.165, 1.54) is 4.90 Å². The normalized spacial score (nSPS) is 21.4. The molecule has 0 aromatic heterocycles. The summed E-state index contributed by atoms with van der Waals surface area (Å²) in [5.74, 6) is -2.41. The van der Waals surface area contributed by atoms with Crippen molar-refractivity contribution in [3.05, 3.63) is 77.4 Å². The smallest absolute Gasteiger partial charge is 0.305 e. The summed E-state index contributed by atoms with van der Waals surface area (Å²) in [5.41, 5.74) is 1.46. The molecule has 0 spiro atoms. The molecule has 1 saturated heterocycles. The molecule has 4 rings (SSSR count). The number of imide groups is 1. The van der Waals surface area contributed by atoms with E-state index in [9.17, 15) is 24.3 Å². The van der Waals surface area contributed by atoms with E-state index in [0.29, 0.717) is 6.42 Å². The Morgan fingerprint density at radius 2 is 1.58 bits per heavy atom. The highest BCUT2D eigenvalue weighted by Crippen LogP contribution is 2.36. The minimum atomic E-state index is -1.00. The Balaban J connectivity index is 1.69. The average molecular weight is 418 g/mol. The van der Waals surface area contributed by atoms with Crippen molar-refractivity contribution in [1.82, 2.24) is 9.80 Å². The lowest BCUT2D eigenvalue weighted by Crippen LogP contribution is -2.73. The Bertz CT molecular complexity index is 1040. The number of carboxylic acids is 1. The largest absolute Gasteiger partial charge is 0.481 e. The second kappa shape index (κ2) is 8.18. The van der Waals surface area contributed by atoms with Crippen LogP contribution in [0.1, 0.15) is 46.0 Å². The molecule has 3 amide bonds. The maximum Gasteiger partial charge on any atom is 0.305 e. The van der Waals surface area contributed by atoms with Gasteiger partial charge in [0.25, 0.3) is 11.8 Å². The lowest BCUT2D eigenvalue weighted by Gasteiger charge is -2.51. The quantitative estimate of drug-likeness (QED) is 0.551. The van der Waals surface area contributed by atoms with Gasteiger partial charge in [-0.15, -0.1) is 0 Å². The van der Waals surface area contributed by atoms with Crippen molar-refractivity contribution in [3.63, 3.8) is 0 Å². The molecule has 1 N–H and O–H groups in total. The fourth-order valence-corrected chi connectivity index (χ4v) is 4.28. The predicted molar refractivity (Wildman–Crippen MR) is 113 cm³/mol. The van der Waals surface area contributed by atoms with Crippen LogP contribution in [0.25, 0.3) is 6.08 Å². The maximum absolute atomic E-state index is 13.1. The number of aliphatic carboxylic acids is 1. The monoisotopic (exact) mass is 418 g/mol. The summed E-state index contributed by atoms with van der Waals surface area (Å²) in [4.78, 5) is 52.9. The van der Waals surface area contributed by atoms with Crippen LogP contribution in [0.2, 0.25) is 0 Å². The molecule has 2 aromatic rings. The average Bonchev–Trinajstić information content (AvgIpc) is 3.01. The Morgan fingerprint density at radius 1 is 1.00 bits per heavy atom. The molecular formula is C24H22N2O5. The van der Waals surface area contributed by atoms with Gasteiger partial charge in [0.1, 0.15) is 6.04 Å². The number of amides is 3. The molecule has 1 fully saturated rings. The molecule has 0 radical (unpaired) electrons. The third-order valence-corrected chi connectivity index (χ3v) is 5.82. The number of β-lactam (4-membered cyclic amide) rings is 1. The van der Waals surface area contributed by atoms with E-state index < -0.39 is 41.8 Å². The van der Waals surface area contributed by atoms with Gasteiger partial charge < -0.3 is 10.0 Å². The van der Waals surface area contributed by atoms with Gasteiger partial charge in [-0.3, -0.25) is 24.1 Å². The van der Waals surface area contributed by atoms with Crippen molar-refractivity contribution in [2.75, 3.05) is 0 Å². The van der Waals surface area contributed by atoms with Crippen molar-refractivity contribution >= 4 is 29.8 Å². The Kier molecular flexibility index (Phi) is 5.42. The van der Waals surface area contributed by atoms with E-state index in [0.717, 1.165) is 10.5 Å². The summed E-state index contributed by atoms with van der Waals surface area (Å²) in [6.45, 7) is 1.81. The standard InChI is InChI=1S/C24H22N2O5/c1-2-16(14-20(27)28)25-19(13-12-15-8-4-3-5-9-15)21(24(25)31)26-22(29)17-10-6-7-11-18(17)23(26)30/h3-13,16,19,21H,2,14H2,1H3,(H,27,28)/t16-,19?,21?/m1/s1. The van der Waals surface area contributed by atoms with Gasteiger partial charge in [0, 0.05) is 6.04 Å². The first-order chi connectivity index (χ1) is 14.9. The molecule has 31 heavy (non-hydrogen) atoms. The van der Waals surface area contributed by atoms with Crippen LogP contribution < -0.4 is 0 Å². The third-order valence-electron chi connectivity index (χ3n) is 5.82. The highest BCUT2D eigenvalue weighted by Gasteiger charge is 2.56. The maximum atomic E-state index is 13.1. The van der Waals surface area contributed by atoms with E-state index in [1.807, 2.05) is 43.3 Å². The van der Waals surface area contributed by atoms with Gasteiger partial charge in [0.05, 0.1) is 23.6 Å². The van der Waals surface area contributed by atoms with Gasteiger partial charge in [0.15, 0.2) is 0 Å². The fraction of sp³-hybridized carbons (Fsp3) is 0.250. The zero-order valence-corrected chi connectivity index (χ0v) is 17.0. The number of nitrogens with zero attached hydrogens (tertiary/aromatic N) is 2. The molecule has 2 heterocycles. The number of benzene rings is 2. The number of carbonyl (C=O) groups is 4. The van der Waals surface area contributed by atoms with Crippen LogP contribution in [0.4, 0.5) is 0 Å². The molecule has 158 valence electrons. The topological polar surface area (TPSA) is 95.0 Å². The number of fused-ring (bicyclic) bond motifs is 1. The first-order valence-electron chi connectivity index (χ1n) is 10.2. The Labute approximate surface area is 179 Å². The molecule has 0 bridgehead atoms. The number of hydrogen-bond donors (Lipinski definition) is 1. The second-order valence-corrected chi connectivity index (χ2v) is 7.64. The summed E-state index contributed by atoms with van der Waals surface area (Å²) >= 11 is 0. The van der Waals surface area contributed by atoms with Gasteiger partial charge in [-0.05, 0) is 24.1 Å². The van der Waals surface area contributed by atoms with Crippen LogP contribution in [0.15, 0.2) is 60.7 Å². The SMILES string of the molecule is CC[C@H](CC(=O)O)N1C(=O)C(N2C(=O)c3ccccc3C2=O)C1C=Cc1ccccc1. The van der Waals surface area contributed by atoms with Gasteiger partial charge in [0.2, 0.25) is 5.91 Å². The Morgan fingerprint density at radius 3 is 2.13 bits per heavy atom. The van der Waals surface area contributed by atoms with Gasteiger partial charge in [-0.1, -0.05) is 61.5 Å². The predicted octanol–water partition coefficient (Wildman–Crippen LogP) is 2.83. The number of hydrogen-bond acceptors (Lipinski definition) is 4. The molecule has 7 heteroatoms. The van der Waals surface area contributed by atoms with Crippen LogP contribution in [0, 0.1) is 0 Å². The van der Waals surface area contributed by atoms with E-state index in [2.05, 4.69) is 0 Å². The van der Waals surface area contributed by atoms with E-state index in [4.69, 9.17) is 0 Å². The third kappa shape index (κ3) is 3.52. The summed E-state index contributed by atoms with van der Waals surface area (Å²) in [5, 5.41) is 9.27. The van der Waals surface area contributed by atoms with Crippen LogP contribution >= 0.6 is 0 Å². The zero-order valence-electron chi connectivity index (χ0n) is 17.0. The minimum Gasteiger partial charge on any atom is -0.481 e. The lowest BCUT2D eigenvalue weighted by atomic mass is 9.88. The number of carboxylic acid groups (broad SMARTS) is 1. The van der Waals surface area contributed by atoms with Crippen LogP contribution in [-0.2, 0) is 9.59 Å². The van der Waals surface area contributed by atoms with Gasteiger partial charge in [-0.2, -0.15) is 0 Å². The summed E-state index contributed by atoms with van der Waals surface area (Å²) < 4.78 is 0. The van der Waals surface area contributed by atoms with Crippen molar-refractivity contribution in [1.29, 1.82) is 0 Å². The molecule has 3 atom stereocenters. The van der Waals surface area contributed by atoms with E-state index in [1.54, 1.807) is 30.3 Å². The molecule has 0 saturated carbocycles.